The van der Waals surface area contributed by atoms with Crippen LogP contribution < -0.4 is 0 Å². The highest BCUT2D eigenvalue weighted by molar-refractivity contribution is 5.10. The van der Waals surface area contributed by atoms with Gasteiger partial charge in [-0.05, 0) is 50.9 Å². The summed E-state index contributed by atoms with van der Waals surface area (Å²) in [6.45, 7) is 1.76. The molecule has 0 amide bonds. The Balaban J connectivity index is 1.86. The maximum atomic E-state index is 10.9. The molecule has 0 heterocycles. The van der Waals surface area contributed by atoms with Gasteiger partial charge in [-0.25, -0.2) is 10.4 Å². The van der Waals surface area contributed by atoms with Gasteiger partial charge in [-0.2, -0.15) is 9.68 Å². The fourth-order valence-corrected chi connectivity index (χ4v) is 5.24. The fraction of sp³-hybridized carbons (Fsp3) is 1.00. The third kappa shape index (κ3) is 2.06. The predicted octanol–water partition coefficient (Wildman–Crippen LogP) is 1.91. The summed E-state index contributed by atoms with van der Waals surface area (Å²) in [4.78, 5) is 31.7. The topological polar surface area (TPSA) is 99.1 Å². The minimum absolute atomic E-state index is 0.286. The Bertz CT molecular complexity index is 439. The van der Waals surface area contributed by atoms with Crippen molar-refractivity contribution in [3.8, 4) is 0 Å². The van der Waals surface area contributed by atoms with Crippen LogP contribution in [0.15, 0.2) is 0 Å². The highest BCUT2D eigenvalue weighted by Crippen LogP contribution is 2.64. The van der Waals surface area contributed by atoms with Gasteiger partial charge in [-0.1, -0.05) is 0 Å². The Morgan fingerprint density at radius 2 is 1.70 bits per heavy atom. The smallest absolute Gasteiger partial charge is 0.200 e. The quantitative estimate of drug-likeness (QED) is 0.750. The molecule has 4 rings (SSSR count). The van der Waals surface area contributed by atoms with E-state index in [0.717, 1.165) is 32.1 Å². The van der Waals surface area contributed by atoms with Gasteiger partial charge in [0.2, 0.25) is 0 Å². The number of hydrogen-bond donors (Lipinski definition) is 2. The summed E-state index contributed by atoms with van der Waals surface area (Å²) in [7, 11) is 0. The molecule has 8 nitrogen and oxygen atoms in total. The van der Waals surface area contributed by atoms with Gasteiger partial charge in [0.15, 0.2) is 11.7 Å². The van der Waals surface area contributed by atoms with E-state index < -0.39 is 21.9 Å². The molecule has 0 aromatic rings. The molecule has 8 heteroatoms. The van der Waals surface area contributed by atoms with Crippen LogP contribution in [0.4, 0.5) is 0 Å². The Morgan fingerprint density at radius 3 is 2.20 bits per heavy atom. The lowest BCUT2D eigenvalue weighted by Gasteiger charge is -2.59. The SMILES string of the molecule is CC(O[N+](=O)O)C12CC3CC(CC(O[N+](=O)O)(C3)C1)C2. The molecule has 4 aliphatic carbocycles. The van der Waals surface area contributed by atoms with E-state index in [-0.39, 0.29) is 5.41 Å². The summed E-state index contributed by atoms with van der Waals surface area (Å²) < 4.78 is 0. The molecule has 4 fully saturated rings. The second-order valence-corrected chi connectivity index (χ2v) is 6.82. The van der Waals surface area contributed by atoms with E-state index >= 15 is 0 Å². The Labute approximate surface area is 115 Å². The highest BCUT2D eigenvalue weighted by Gasteiger charge is 2.65. The van der Waals surface area contributed by atoms with Crippen LogP contribution in [0.25, 0.3) is 0 Å². The van der Waals surface area contributed by atoms with Gasteiger partial charge in [0.05, 0.1) is 0 Å². The monoisotopic (exact) mass is 288 g/mol. The highest BCUT2D eigenvalue weighted by atomic mass is 17.0. The molecular weight excluding hydrogens is 268 g/mol. The number of nitrogens with zero attached hydrogens (tertiary/aromatic N) is 2. The third-order valence-electron chi connectivity index (χ3n) is 5.44. The summed E-state index contributed by atoms with van der Waals surface area (Å²) in [5.41, 5.74) is -0.952. The average molecular weight is 288 g/mol. The summed E-state index contributed by atoms with van der Waals surface area (Å²) >= 11 is 0. The van der Waals surface area contributed by atoms with Gasteiger partial charge in [-0.3, -0.25) is 0 Å². The lowest BCUT2D eigenvalue weighted by atomic mass is 9.46. The minimum atomic E-state index is -0.665. The molecule has 4 saturated carbocycles. The van der Waals surface area contributed by atoms with Gasteiger partial charge in [0.25, 0.3) is 0 Å². The fourth-order valence-electron chi connectivity index (χ4n) is 5.24. The third-order valence-corrected chi connectivity index (χ3v) is 5.44. The van der Waals surface area contributed by atoms with E-state index in [1.165, 1.54) is 0 Å². The molecule has 3 unspecified atom stereocenters. The predicted molar refractivity (Wildman–Crippen MR) is 62.3 cm³/mol. The van der Waals surface area contributed by atoms with Gasteiger partial charge >= 0.3 is 10.2 Å². The second kappa shape index (κ2) is 4.20. The molecule has 0 spiro atoms. The maximum Gasteiger partial charge on any atom is 0.475 e. The number of hydrogen-bond acceptors (Lipinski definition) is 4. The molecular formula is C12H20N2O6+2. The molecule has 0 aromatic carbocycles. The Morgan fingerprint density at radius 1 is 1.10 bits per heavy atom. The van der Waals surface area contributed by atoms with Gasteiger partial charge in [0, 0.05) is 11.8 Å². The molecule has 0 aromatic heterocycles. The minimum Gasteiger partial charge on any atom is -0.200 e. The first kappa shape index (κ1) is 13.4. The molecule has 20 heavy (non-hydrogen) atoms. The van der Waals surface area contributed by atoms with E-state index in [1.807, 2.05) is 0 Å². The molecule has 0 aliphatic heterocycles. The van der Waals surface area contributed by atoms with Crippen LogP contribution in [0, 0.1) is 27.1 Å². The number of rotatable bonds is 5. The lowest BCUT2D eigenvalue weighted by Crippen LogP contribution is -2.60. The summed E-state index contributed by atoms with van der Waals surface area (Å²) in [6, 6.07) is 0. The Kier molecular flexibility index (Phi) is 2.81. The van der Waals surface area contributed by atoms with Crippen LogP contribution in [0.1, 0.15) is 45.4 Å². The van der Waals surface area contributed by atoms with E-state index in [4.69, 9.17) is 20.1 Å². The zero-order valence-corrected chi connectivity index (χ0v) is 11.4. The van der Waals surface area contributed by atoms with Crippen molar-refractivity contribution in [3.63, 3.8) is 0 Å². The average Bonchev–Trinajstić information content (AvgIpc) is 2.23. The lowest BCUT2D eigenvalue weighted by molar-refractivity contribution is -0.991. The van der Waals surface area contributed by atoms with Crippen molar-refractivity contribution in [3.05, 3.63) is 9.81 Å². The van der Waals surface area contributed by atoms with Crippen molar-refractivity contribution in [1.29, 1.82) is 0 Å². The molecule has 112 valence electrons. The molecule has 0 radical (unpaired) electrons. The van der Waals surface area contributed by atoms with Crippen LogP contribution in [-0.2, 0) is 9.68 Å². The van der Waals surface area contributed by atoms with E-state index in [0.29, 0.717) is 18.3 Å². The van der Waals surface area contributed by atoms with Crippen LogP contribution in [-0.4, -0.2) is 32.3 Å². The van der Waals surface area contributed by atoms with Crippen LogP contribution in [0.3, 0.4) is 0 Å². The summed E-state index contributed by atoms with van der Waals surface area (Å²) in [5, 5.41) is 16.7. The maximum absolute atomic E-state index is 10.9. The molecule has 2 N–H and O–H groups in total. The zero-order chi connectivity index (χ0) is 14.5. The van der Waals surface area contributed by atoms with Crippen molar-refractivity contribution >= 4 is 0 Å². The van der Waals surface area contributed by atoms with Crippen molar-refractivity contribution in [1.82, 2.24) is 0 Å². The van der Waals surface area contributed by atoms with E-state index in [2.05, 4.69) is 0 Å². The normalized spacial score (nSPS) is 43.0. The van der Waals surface area contributed by atoms with Crippen LogP contribution in [0.2, 0.25) is 0 Å². The van der Waals surface area contributed by atoms with Crippen molar-refractivity contribution in [2.24, 2.45) is 17.3 Å². The Hall–Kier alpha value is -1.60. The standard InChI is InChI=1S/C12H20N2O6/c1-8(19-13(15)16)11-3-9-2-10(4-11)6-12(5-9,7-11)20-14(17)18/h8-10H,2-7H2,1H3,(H,15,16)(H,17,18)/q+2. The molecule has 4 bridgehead atoms. The van der Waals surface area contributed by atoms with Gasteiger partial charge in [0.1, 0.15) is 9.81 Å². The molecule has 0 saturated heterocycles. The summed E-state index contributed by atoms with van der Waals surface area (Å²) in [6.07, 6.45) is 4.47. The first-order valence-corrected chi connectivity index (χ1v) is 7.01. The van der Waals surface area contributed by atoms with E-state index in [1.54, 1.807) is 6.92 Å². The van der Waals surface area contributed by atoms with E-state index in [9.17, 15) is 9.81 Å². The largest absolute Gasteiger partial charge is 0.475 e. The van der Waals surface area contributed by atoms with Crippen molar-refractivity contribution in [2.75, 3.05) is 0 Å². The van der Waals surface area contributed by atoms with Gasteiger partial charge < -0.3 is 0 Å². The van der Waals surface area contributed by atoms with Crippen molar-refractivity contribution in [2.45, 2.75) is 57.2 Å². The molecule has 4 aliphatic rings. The first-order valence-electron chi connectivity index (χ1n) is 7.01. The second-order valence-electron chi connectivity index (χ2n) is 6.82. The van der Waals surface area contributed by atoms with Crippen LogP contribution in [0.5, 0.6) is 0 Å². The zero-order valence-electron chi connectivity index (χ0n) is 11.4. The van der Waals surface area contributed by atoms with Gasteiger partial charge in [-0.15, -0.1) is 0 Å². The van der Waals surface area contributed by atoms with Crippen molar-refractivity contribution < 1.29 is 30.3 Å². The summed E-state index contributed by atoms with van der Waals surface area (Å²) in [5.74, 6) is 0.807. The van der Waals surface area contributed by atoms with Crippen LogP contribution >= 0.6 is 0 Å². The molecule has 3 atom stereocenters. The first-order chi connectivity index (χ1) is 9.32.